The van der Waals surface area contributed by atoms with Gasteiger partial charge < -0.3 is 10.8 Å². The van der Waals surface area contributed by atoms with Gasteiger partial charge in [-0.2, -0.15) is 0 Å². The molecule has 0 bridgehead atoms. The normalized spacial score (nSPS) is 17.8. The molecule has 0 aromatic heterocycles. The highest BCUT2D eigenvalue weighted by atomic mass is 19.1. The van der Waals surface area contributed by atoms with Crippen molar-refractivity contribution in [3.63, 3.8) is 0 Å². The third-order valence-electron chi connectivity index (χ3n) is 3.02. The van der Waals surface area contributed by atoms with E-state index >= 15 is 0 Å². The average molecular weight is 209 g/mol. The van der Waals surface area contributed by atoms with Crippen LogP contribution in [0.2, 0.25) is 0 Å². The molecule has 2 rings (SSSR count). The summed E-state index contributed by atoms with van der Waals surface area (Å²) in [6.07, 6.45) is 3.14. The van der Waals surface area contributed by atoms with Crippen molar-refractivity contribution in [1.82, 2.24) is 0 Å². The predicted octanol–water partition coefficient (Wildman–Crippen LogP) is 2.64. The molecule has 3 N–H and O–H groups in total. The van der Waals surface area contributed by atoms with Crippen LogP contribution in [0.1, 0.15) is 36.4 Å². The molecule has 2 nitrogen and oxygen atoms in total. The number of rotatable bonds is 3. The van der Waals surface area contributed by atoms with Gasteiger partial charge in [0.05, 0.1) is 0 Å². The maximum atomic E-state index is 13.5. The van der Waals surface area contributed by atoms with Crippen molar-refractivity contribution in [3.05, 3.63) is 29.1 Å². The van der Waals surface area contributed by atoms with Crippen LogP contribution < -0.4 is 5.73 Å². The molecule has 0 saturated heterocycles. The van der Waals surface area contributed by atoms with Crippen molar-refractivity contribution in [2.24, 2.45) is 11.7 Å². The summed E-state index contributed by atoms with van der Waals surface area (Å²) >= 11 is 0. The van der Waals surface area contributed by atoms with Crippen LogP contribution >= 0.6 is 0 Å². The first-order valence-corrected chi connectivity index (χ1v) is 5.33. The van der Waals surface area contributed by atoms with Crippen LogP contribution in [0.3, 0.4) is 0 Å². The number of aromatic hydroxyl groups is 1. The van der Waals surface area contributed by atoms with Crippen LogP contribution in [0.15, 0.2) is 12.1 Å². The topological polar surface area (TPSA) is 46.2 Å². The molecule has 0 heterocycles. The summed E-state index contributed by atoms with van der Waals surface area (Å²) in [4.78, 5) is 0. The minimum Gasteiger partial charge on any atom is -0.507 e. The number of nitrogens with two attached hydrogens (primary N) is 1. The summed E-state index contributed by atoms with van der Waals surface area (Å²) in [6, 6.07) is 2.56. The Labute approximate surface area is 88.9 Å². The van der Waals surface area contributed by atoms with Gasteiger partial charge in [0, 0.05) is 11.6 Å². The van der Waals surface area contributed by atoms with Crippen molar-refractivity contribution in [2.75, 3.05) is 0 Å². The first-order chi connectivity index (χ1) is 7.09. The standard InChI is InChI=1S/C12H16FNO/c1-7-2-5-9(13)11(12(7)15)10(14)6-8-3-4-8/h2,5,8,10,15H,3-4,6,14H2,1H3/t10-/m0/s1. The van der Waals surface area contributed by atoms with E-state index in [0.29, 0.717) is 11.5 Å². The van der Waals surface area contributed by atoms with E-state index in [1.165, 1.54) is 18.9 Å². The van der Waals surface area contributed by atoms with Gasteiger partial charge >= 0.3 is 0 Å². The van der Waals surface area contributed by atoms with Crippen LogP contribution in [-0.2, 0) is 0 Å². The van der Waals surface area contributed by atoms with Crippen LogP contribution in [0, 0.1) is 18.7 Å². The van der Waals surface area contributed by atoms with Crippen molar-refractivity contribution >= 4 is 0 Å². The summed E-state index contributed by atoms with van der Waals surface area (Å²) in [7, 11) is 0. The zero-order valence-corrected chi connectivity index (χ0v) is 8.83. The van der Waals surface area contributed by atoms with Gasteiger partial charge in [-0.25, -0.2) is 4.39 Å². The van der Waals surface area contributed by atoms with Gasteiger partial charge in [0.2, 0.25) is 0 Å². The summed E-state index contributed by atoms with van der Waals surface area (Å²) in [5, 5.41) is 9.76. The van der Waals surface area contributed by atoms with Crippen LogP contribution in [0.25, 0.3) is 0 Å². The maximum Gasteiger partial charge on any atom is 0.131 e. The summed E-state index contributed by atoms with van der Waals surface area (Å²) < 4.78 is 13.5. The molecule has 0 unspecified atom stereocenters. The molecule has 1 aliphatic carbocycles. The summed E-state index contributed by atoms with van der Waals surface area (Å²) in [6.45, 7) is 1.75. The molecule has 1 atom stereocenters. The van der Waals surface area contributed by atoms with E-state index in [1.54, 1.807) is 13.0 Å². The van der Waals surface area contributed by atoms with Gasteiger partial charge in [-0.3, -0.25) is 0 Å². The fourth-order valence-corrected chi connectivity index (χ4v) is 1.88. The second-order valence-electron chi connectivity index (χ2n) is 4.41. The highest BCUT2D eigenvalue weighted by molar-refractivity contribution is 5.42. The highest BCUT2D eigenvalue weighted by Gasteiger charge is 2.27. The van der Waals surface area contributed by atoms with E-state index in [9.17, 15) is 9.50 Å². The van der Waals surface area contributed by atoms with Crippen LogP contribution in [0.4, 0.5) is 4.39 Å². The van der Waals surface area contributed by atoms with E-state index in [2.05, 4.69) is 0 Å². The number of benzene rings is 1. The molecule has 3 heteroatoms. The molecule has 1 fully saturated rings. The van der Waals surface area contributed by atoms with Gasteiger partial charge in [0.25, 0.3) is 0 Å². The molecule has 1 aromatic carbocycles. The zero-order chi connectivity index (χ0) is 11.0. The van der Waals surface area contributed by atoms with Crippen molar-refractivity contribution in [2.45, 2.75) is 32.2 Å². The lowest BCUT2D eigenvalue weighted by Gasteiger charge is -2.15. The Morgan fingerprint density at radius 1 is 1.53 bits per heavy atom. The number of phenols is 1. The number of halogens is 1. The second-order valence-corrected chi connectivity index (χ2v) is 4.41. The first-order valence-electron chi connectivity index (χ1n) is 5.33. The third-order valence-corrected chi connectivity index (χ3v) is 3.02. The van der Waals surface area contributed by atoms with Gasteiger partial charge in [0.15, 0.2) is 0 Å². The van der Waals surface area contributed by atoms with Crippen LogP contribution in [-0.4, -0.2) is 5.11 Å². The Morgan fingerprint density at radius 2 is 2.20 bits per heavy atom. The molecular formula is C12H16FNO. The van der Waals surface area contributed by atoms with E-state index in [0.717, 1.165) is 6.42 Å². The Bertz CT molecular complexity index is 374. The molecule has 1 aliphatic rings. The fourth-order valence-electron chi connectivity index (χ4n) is 1.88. The first kappa shape index (κ1) is 10.4. The molecular weight excluding hydrogens is 193 g/mol. The van der Waals surface area contributed by atoms with E-state index in [1.807, 2.05) is 0 Å². The van der Waals surface area contributed by atoms with Gasteiger partial charge in [-0.05, 0) is 30.9 Å². The van der Waals surface area contributed by atoms with E-state index in [-0.39, 0.29) is 17.4 Å². The smallest absolute Gasteiger partial charge is 0.131 e. The van der Waals surface area contributed by atoms with Crippen molar-refractivity contribution in [1.29, 1.82) is 0 Å². The molecule has 1 aromatic rings. The molecule has 0 amide bonds. The molecule has 0 spiro atoms. The van der Waals surface area contributed by atoms with Crippen LogP contribution in [0.5, 0.6) is 5.75 Å². The summed E-state index contributed by atoms with van der Waals surface area (Å²) in [5.74, 6) is 0.244. The Hall–Kier alpha value is -1.09. The number of hydrogen-bond acceptors (Lipinski definition) is 2. The number of hydrogen-bond donors (Lipinski definition) is 2. The van der Waals surface area contributed by atoms with Gasteiger partial charge in [-0.1, -0.05) is 18.9 Å². The predicted molar refractivity (Wildman–Crippen MR) is 57.1 cm³/mol. The molecule has 0 aliphatic heterocycles. The molecule has 1 saturated carbocycles. The lowest BCUT2D eigenvalue weighted by Crippen LogP contribution is -2.13. The summed E-state index contributed by atoms with van der Waals surface area (Å²) in [5.41, 5.74) is 6.86. The number of phenolic OH excluding ortho intramolecular Hbond substituents is 1. The average Bonchev–Trinajstić information content (AvgIpc) is 2.96. The minimum absolute atomic E-state index is 0.0168. The quantitative estimate of drug-likeness (QED) is 0.803. The van der Waals surface area contributed by atoms with Gasteiger partial charge in [0.1, 0.15) is 11.6 Å². The molecule has 0 radical (unpaired) electrons. The fraction of sp³-hybridized carbons (Fsp3) is 0.500. The lowest BCUT2D eigenvalue weighted by atomic mass is 9.98. The van der Waals surface area contributed by atoms with Gasteiger partial charge in [-0.15, -0.1) is 0 Å². The largest absolute Gasteiger partial charge is 0.507 e. The zero-order valence-electron chi connectivity index (χ0n) is 8.83. The second kappa shape index (κ2) is 3.81. The van der Waals surface area contributed by atoms with Crippen molar-refractivity contribution in [3.8, 4) is 5.75 Å². The monoisotopic (exact) mass is 209 g/mol. The minimum atomic E-state index is -0.397. The number of aryl methyl sites for hydroxylation is 1. The Morgan fingerprint density at radius 3 is 2.80 bits per heavy atom. The molecule has 15 heavy (non-hydrogen) atoms. The Kier molecular flexibility index (Phi) is 2.65. The maximum absolute atomic E-state index is 13.5. The third kappa shape index (κ3) is 2.12. The highest BCUT2D eigenvalue weighted by Crippen LogP contribution is 2.39. The Balaban J connectivity index is 2.27. The molecule has 82 valence electrons. The van der Waals surface area contributed by atoms with E-state index < -0.39 is 5.82 Å². The van der Waals surface area contributed by atoms with Crippen molar-refractivity contribution < 1.29 is 9.50 Å². The van der Waals surface area contributed by atoms with E-state index in [4.69, 9.17) is 5.73 Å². The SMILES string of the molecule is Cc1ccc(F)c([C@@H](N)CC2CC2)c1O. The lowest BCUT2D eigenvalue weighted by molar-refractivity contribution is 0.437.